The molecule has 0 aromatic carbocycles. The molecule has 120 valence electrons. The SMILES string of the molecule is CCCCCNCCN1CCn2c(nnc2C(F)(F)F)C1. The Hall–Kier alpha value is -1.15. The lowest BCUT2D eigenvalue weighted by atomic mass is 10.2. The zero-order chi connectivity index (χ0) is 15.3. The first-order chi connectivity index (χ1) is 10.0. The number of aromatic nitrogens is 3. The van der Waals surface area contributed by atoms with E-state index in [1.165, 1.54) is 23.8 Å². The highest BCUT2D eigenvalue weighted by Crippen LogP contribution is 2.29. The van der Waals surface area contributed by atoms with Crippen LogP contribution in [0.5, 0.6) is 0 Å². The van der Waals surface area contributed by atoms with Gasteiger partial charge in [-0.3, -0.25) is 4.90 Å². The van der Waals surface area contributed by atoms with Crippen molar-refractivity contribution < 1.29 is 13.2 Å². The third-order valence-electron chi connectivity index (χ3n) is 3.65. The summed E-state index contributed by atoms with van der Waals surface area (Å²) >= 11 is 0. The predicted octanol–water partition coefficient (Wildman–Crippen LogP) is 1.89. The molecule has 1 N–H and O–H groups in total. The van der Waals surface area contributed by atoms with E-state index in [0.29, 0.717) is 25.5 Å². The summed E-state index contributed by atoms with van der Waals surface area (Å²) in [5.41, 5.74) is 0. The molecule has 1 aliphatic rings. The van der Waals surface area contributed by atoms with Crippen LogP contribution < -0.4 is 5.32 Å². The van der Waals surface area contributed by atoms with E-state index in [2.05, 4.69) is 27.3 Å². The fraction of sp³-hybridized carbons (Fsp3) is 0.846. The minimum Gasteiger partial charge on any atom is -0.315 e. The molecule has 0 aliphatic carbocycles. The topological polar surface area (TPSA) is 46.0 Å². The van der Waals surface area contributed by atoms with Crippen molar-refractivity contribution in [3.8, 4) is 0 Å². The first-order valence-corrected chi connectivity index (χ1v) is 7.44. The largest absolute Gasteiger partial charge is 0.451 e. The van der Waals surface area contributed by atoms with E-state index in [1.807, 2.05) is 0 Å². The molecule has 8 heteroatoms. The first kappa shape index (κ1) is 16.2. The molecule has 1 aliphatic heterocycles. The monoisotopic (exact) mass is 305 g/mol. The molecule has 0 atom stereocenters. The van der Waals surface area contributed by atoms with Crippen LogP contribution in [0, 0.1) is 0 Å². The summed E-state index contributed by atoms with van der Waals surface area (Å²) in [6.45, 7) is 6.16. The Morgan fingerprint density at radius 1 is 1.14 bits per heavy atom. The molecule has 0 unspecified atom stereocenters. The van der Waals surface area contributed by atoms with Crippen molar-refractivity contribution >= 4 is 0 Å². The van der Waals surface area contributed by atoms with E-state index in [4.69, 9.17) is 0 Å². The summed E-state index contributed by atoms with van der Waals surface area (Å²) < 4.78 is 39.3. The molecule has 21 heavy (non-hydrogen) atoms. The number of fused-ring (bicyclic) bond motifs is 1. The van der Waals surface area contributed by atoms with Crippen LogP contribution in [0.15, 0.2) is 0 Å². The van der Waals surface area contributed by atoms with E-state index in [9.17, 15) is 13.2 Å². The quantitative estimate of drug-likeness (QED) is 0.782. The number of nitrogens with zero attached hydrogens (tertiary/aromatic N) is 4. The summed E-state index contributed by atoms with van der Waals surface area (Å²) in [4.78, 5) is 2.11. The van der Waals surface area contributed by atoms with Gasteiger partial charge in [0.2, 0.25) is 5.82 Å². The number of alkyl halides is 3. The highest BCUT2D eigenvalue weighted by molar-refractivity contribution is 5.02. The molecule has 0 fully saturated rings. The molecular formula is C13H22F3N5. The Morgan fingerprint density at radius 2 is 1.95 bits per heavy atom. The van der Waals surface area contributed by atoms with Gasteiger partial charge in [-0.1, -0.05) is 19.8 Å². The molecule has 0 radical (unpaired) electrons. The van der Waals surface area contributed by atoms with Crippen LogP contribution in [0.3, 0.4) is 0 Å². The molecule has 0 amide bonds. The Kier molecular flexibility index (Phi) is 5.58. The van der Waals surface area contributed by atoms with Crippen molar-refractivity contribution in [1.82, 2.24) is 25.0 Å². The standard InChI is InChI=1S/C13H22F3N5/c1-2-3-4-5-17-6-7-20-8-9-21-11(10-20)18-19-12(21)13(14,15)16/h17H,2-10H2,1H3. The second kappa shape index (κ2) is 7.22. The third-order valence-corrected chi connectivity index (χ3v) is 3.65. The normalized spacial score (nSPS) is 16.2. The number of unbranched alkanes of at least 4 members (excludes halogenated alkanes) is 2. The van der Waals surface area contributed by atoms with Crippen molar-refractivity contribution in [2.75, 3.05) is 26.2 Å². The van der Waals surface area contributed by atoms with Crippen molar-refractivity contribution in [2.45, 2.75) is 45.5 Å². The van der Waals surface area contributed by atoms with Crippen LogP contribution in [0.25, 0.3) is 0 Å². The number of rotatable bonds is 7. The van der Waals surface area contributed by atoms with Gasteiger partial charge in [-0.05, 0) is 13.0 Å². The second-order valence-corrected chi connectivity index (χ2v) is 5.32. The predicted molar refractivity (Wildman–Crippen MR) is 72.7 cm³/mol. The lowest BCUT2D eigenvalue weighted by Crippen LogP contribution is -2.39. The molecule has 0 saturated heterocycles. The maximum atomic E-state index is 12.7. The van der Waals surface area contributed by atoms with Gasteiger partial charge in [0.15, 0.2) is 0 Å². The Morgan fingerprint density at radius 3 is 2.67 bits per heavy atom. The van der Waals surface area contributed by atoms with Gasteiger partial charge in [0.25, 0.3) is 0 Å². The van der Waals surface area contributed by atoms with Crippen LogP contribution in [0.1, 0.15) is 37.8 Å². The maximum absolute atomic E-state index is 12.7. The van der Waals surface area contributed by atoms with E-state index >= 15 is 0 Å². The molecule has 0 spiro atoms. The first-order valence-electron chi connectivity index (χ1n) is 7.44. The average molecular weight is 305 g/mol. The van der Waals surface area contributed by atoms with Gasteiger partial charge in [0.1, 0.15) is 5.82 Å². The van der Waals surface area contributed by atoms with Crippen molar-refractivity contribution in [1.29, 1.82) is 0 Å². The molecule has 0 bridgehead atoms. The zero-order valence-electron chi connectivity index (χ0n) is 12.3. The van der Waals surface area contributed by atoms with Crippen molar-refractivity contribution in [3.05, 3.63) is 11.6 Å². The summed E-state index contributed by atoms with van der Waals surface area (Å²) in [7, 11) is 0. The minimum atomic E-state index is -4.42. The number of hydrogen-bond donors (Lipinski definition) is 1. The van der Waals surface area contributed by atoms with Crippen molar-refractivity contribution in [3.63, 3.8) is 0 Å². The summed E-state index contributed by atoms with van der Waals surface area (Å²) in [6, 6.07) is 0. The highest BCUT2D eigenvalue weighted by atomic mass is 19.4. The lowest BCUT2D eigenvalue weighted by molar-refractivity contribution is -0.148. The van der Waals surface area contributed by atoms with Crippen LogP contribution in [-0.2, 0) is 19.3 Å². The highest BCUT2D eigenvalue weighted by Gasteiger charge is 2.39. The van der Waals surface area contributed by atoms with Gasteiger partial charge in [-0.2, -0.15) is 13.2 Å². The fourth-order valence-corrected chi connectivity index (χ4v) is 2.47. The average Bonchev–Trinajstić information content (AvgIpc) is 2.85. The van der Waals surface area contributed by atoms with Gasteiger partial charge in [-0.15, -0.1) is 10.2 Å². The van der Waals surface area contributed by atoms with Gasteiger partial charge >= 0.3 is 6.18 Å². The molecule has 0 saturated carbocycles. The van der Waals surface area contributed by atoms with E-state index in [-0.39, 0.29) is 0 Å². The Labute approximate surface area is 122 Å². The molecule has 5 nitrogen and oxygen atoms in total. The van der Waals surface area contributed by atoms with Gasteiger partial charge in [0.05, 0.1) is 6.54 Å². The van der Waals surface area contributed by atoms with Crippen LogP contribution in [-0.4, -0.2) is 45.8 Å². The zero-order valence-corrected chi connectivity index (χ0v) is 12.3. The third kappa shape index (κ3) is 4.41. The molecule has 2 rings (SSSR count). The van der Waals surface area contributed by atoms with Crippen LogP contribution in [0.2, 0.25) is 0 Å². The van der Waals surface area contributed by atoms with Crippen LogP contribution in [0.4, 0.5) is 13.2 Å². The summed E-state index contributed by atoms with van der Waals surface area (Å²) in [5.74, 6) is -0.477. The maximum Gasteiger partial charge on any atom is 0.451 e. The lowest BCUT2D eigenvalue weighted by Gasteiger charge is -2.27. The Bertz CT molecular complexity index is 444. The fourth-order valence-electron chi connectivity index (χ4n) is 2.47. The summed E-state index contributed by atoms with van der Waals surface area (Å²) in [5, 5.41) is 10.3. The van der Waals surface area contributed by atoms with Gasteiger partial charge in [-0.25, -0.2) is 0 Å². The van der Waals surface area contributed by atoms with Gasteiger partial charge < -0.3 is 9.88 Å². The van der Waals surface area contributed by atoms with Crippen LogP contribution >= 0.6 is 0 Å². The molecule has 2 heterocycles. The molecule has 1 aromatic heterocycles. The minimum absolute atomic E-state index is 0.299. The number of nitrogens with one attached hydrogen (secondary N) is 1. The van der Waals surface area contributed by atoms with E-state index in [0.717, 1.165) is 19.6 Å². The van der Waals surface area contributed by atoms with Gasteiger partial charge in [0, 0.05) is 26.2 Å². The van der Waals surface area contributed by atoms with E-state index < -0.39 is 12.0 Å². The second-order valence-electron chi connectivity index (χ2n) is 5.32. The number of hydrogen-bond acceptors (Lipinski definition) is 4. The molecular weight excluding hydrogens is 283 g/mol. The Balaban J connectivity index is 1.77. The summed E-state index contributed by atoms with van der Waals surface area (Å²) in [6.07, 6.45) is -0.834. The smallest absolute Gasteiger partial charge is 0.315 e. The molecule has 1 aromatic rings. The van der Waals surface area contributed by atoms with Crippen molar-refractivity contribution in [2.24, 2.45) is 0 Å². The van der Waals surface area contributed by atoms with E-state index in [1.54, 1.807) is 0 Å². The number of halogens is 3.